The summed E-state index contributed by atoms with van der Waals surface area (Å²) < 4.78 is 10.5. The summed E-state index contributed by atoms with van der Waals surface area (Å²) in [5.74, 6) is 1.64. The molecule has 2 nitrogen and oxygen atoms in total. The molecule has 1 unspecified atom stereocenters. The van der Waals surface area contributed by atoms with Crippen LogP contribution in [0, 0.1) is 0 Å². The Hall–Kier alpha value is -0.700. The second-order valence-electron chi connectivity index (χ2n) is 3.41. The van der Waals surface area contributed by atoms with Crippen LogP contribution in [0.1, 0.15) is 22.4 Å². The van der Waals surface area contributed by atoms with Crippen molar-refractivity contribution >= 4 is 15.9 Å². The number of benzene rings is 1. The van der Waals surface area contributed by atoms with Gasteiger partial charge in [0, 0.05) is 4.83 Å². The Labute approximate surface area is 92.3 Å². The van der Waals surface area contributed by atoms with Crippen molar-refractivity contribution in [1.82, 2.24) is 0 Å². The van der Waals surface area contributed by atoms with Gasteiger partial charge in [-0.05, 0) is 36.1 Å². The van der Waals surface area contributed by atoms with Crippen LogP contribution in [0.3, 0.4) is 0 Å². The fourth-order valence-corrected chi connectivity index (χ4v) is 2.54. The molecule has 3 heteroatoms. The van der Waals surface area contributed by atoms with Crippen LogP contribution in [0.5, 0.6) is 11.5 Å². The summed E-state index contributed by atoms with van der Waals surface area (Å²) in [4.78, 5) is 0.470. The lowest BCUT2D eigenvalue weighted by Gasteiger charge is -2.11. The van der Waals surface area contributed by atoms with Crippen LogP contribution in [0.4, 0.5) is 0 Å². The predicted octanol–water partition coefficient (Wildman–Crippen LogP) is 3.09. The summed E-state index contributed by atoms with van der Waals surface area (Å²) in [6.45, 7) is 0. The zero-order valence-corrected chi connectivity index (χ0v) is 9.93. The Kier molecular flexibility index (Phi) is 2.68. The molecule has 0 fully saturated rings. The van der Waals surface area contributed by atoms with Crippen LogP contribution in [0.2, 0.25) is 0 Å². The molecule has 0 aliphatic heterocycles. The van der Waals surface area contributed by atoms with Gasteiger partial charge in [0.05, 0.1) is 14.2 Å². The van der Waals surface area contributed by atoms with Gasteiger partial charge in [0.15, 0.2) is 11.5 Å². The lowest BCUT2D eigenvalue weighted by molar-refractivity contribution is 0.354. The van der Waals surface area contributed by atoms with Gasteiger partial charge in [0.2, 0.25) is 0 Å². The van der Waals surface area contributed by atoms with E-state index in [1.807, 2.05) is 0 Å². The zero-order valence-electron chi connectivity index (χ0n) is 8.34. The molecule has 0 bridgehead atoms. The summed E-state index contributed by atoms with van der Waals surface area (Å²) in [7, 11) is 3.34. The molecule has 0 amide bonds. The smallest absolute Gasteiger partial charge is 0.161 e. The summed E-state index contributed by atoms with van der Waals surface area (Å²) in [5.41, 5.74) is 2.70. The molecule has 0 aromatic heterocycles. The van der Waals surface area contributed by atoms with Gasteiger partial charge in [-0.2, -0.15) is 0 Å². The number of alkyl halides is 1. The van der Waals surface area contributed by atoms with E-state index in [2.05, 4.69) is 28.1 Å². The molecule has 2 rings (SSSR count). The van der Waals surface area contributed by atoms with Crippen LogP contribution in [-0.4, -0.2) is 14.2 Å². The van der Waals surface area contributed by atoms with Crippen molar-refractivity contribution in [2.45, 2.75) is 17.7 Å². The van der Waals surface area contributed by atoms with Crippen molar-refractivity contribution in [2.75, 3.05) is 14.2 Å². The fourth-order valence-electron chi connectivity index (χ4n) is 1.88. The average molecular weight is 257 g/mol. The third-order valence-corrected chi connectivity index (χ3v) is 3.60. The molecule has 0 saturated carbocycles. The second kappa shape index (κ2) is 3.81. The molecule has 1 aromatic carbocycles. The van der Waals surface area contributed by atoms with Gasteiger partial charge in [0.25, 0.3) is 0 Å². The van der Waals surface area contributed by atoms with Crippen LogP contribution in [-0.2, 0) is 6.42 Å². The number of aryl methyl sites for hydroxylation is 1. The average Bonchev–Trinajstić information content (AvgIpc) is 2.58. The first-order chi connectivity index (χ1) is 6.76. The van der Waals surface area contributed by atoms with E-state index in [-0.39, 0.29) is 0 Å². The van der Waals surface area contributed by atoms with Crippen molar-refractivity contribution < 1.29 is 9.47 Å². The molecule has 1 atom stereocenters. The van der Waals surface area contributed by atoms with Crippen LogP contribution in [0.15, 0.2) is 12.1 Å². The normalized spacial score (nSPS) is 19.2. The molecule has 1 aliphatic rings. The number of rotatable bonds is 2. The fraction of sp³-hybridized carbons (Fsp3) is 0.455. The van der Waals surface area contributed by atoms with Crippen molar-refractivity contribution in [1.29, 1.82) is 0 Å². The lowest BCUT2D eigenvalue weighted by atomic mass is 10.1. The predicted molar refractivity (Wildman–Crippen MR) is 59.5 cm³/mol. The molecule has 0 N–H and O–H groups in total. The van der Waals surface area contributed by atoms with Crippen molar-refractivity contribution in [2.24, 2.45) is 0 Å². The molecular formula is C11H13BrO2. The summed E-state index contributed by atoms with van der Waals surface area (Å²) in [6, 6.07) is 4.15. The van der Waals surface area contributed by atoms with Crippen LogP contribution >= 0.6 is 15.9 Å². The van der Waals surface area contributed by atoms with E-state index in [9.17, 15) is 0 Å². The van der Waals surface area contributed by atoms with Crippen LogP contribution in [0.25, 0.3) is 0 Å². The molecule has 0 saturated heterocycles. The van der Waals surface area contributed by atoms with Gasteiger partial charge in [-0.15, -0.1) is 0 Å². The second-order valence-corrected chi connectivity index (χ2v) is 4.52. The Morgan fingerprint density at radius 2 is 1.86 bits per heavy atom. The molecule has 1 aromatic rings. The van der Waals surface area contributed by atoms with E-state index in [0.29, 0.717) is 4.83 Å². The minimum Gasteiger partial charge on any atom is -0.493 e. The highest BCUT2D eigenvalue weighted by Crippen LogP contribution is 2.42. The van der Waals surface area contributed by atoms with Gasteiger partial charge >= 0.3 is 0 Å². The van der Waals surface area contributed by atoms with E-state index in [1.54, 1.807) is 14.2 Å². The SMILES string of the molecule is COc1cc2c(cc1OC)C(Br)CC2. The maximum Gasteiger partial charge on any atom is 0.161 e. The van der Waals surface area contributed by atoms with Gasteiger partial charge < -0.3 is 9.47 Å². The molecule has 0 spiro atoms. The van der Waals surface area contributed by atoms with Gasteiger partial charge in [-0.25, -0.2) is 0 Å². The largest absolute Gasteiger partial charge is 0.493 e. The first-order valence-corrected chi connectivity index (χ1v) is 5.56. The van der Waals surface area contributed by atoms with E-state index >= 15 is 0 Å². The van der Waals surface area contributed by atoms with Gasteiger partial charge in [-0.1, -0.05) is 15.9 Å². The molecular weight excluding hydrogens is 244 g/mol. The zero-order chi connectivity index (χ0) is 10.1. The first-order valence-electron chi connectivity index (χ1n) is 4.65. The summed E-state index contributed by atoms with van der Waals surface area (Å²) in [6.07, 6.45) is 2.28. The number of halogens is 1. The Morgan fingerprint density at radius 1 is 1.21 bits per heavy atom. The molecule has 1 aliphatic carbocycles. The highest BCUT2D eigenvalue weighted by molar-refractivity contribution is 9.09. The maximum atomic E-state index is 5.26. The molecule has 76 valence electrons. The van der Waals surface area contributed by atoms with Gasteiger partial charge in [0.1, 0.15) is 0 Å². The van der Waals surface area contributed by atoms with Gasteiger partial charge in [-0.3, -0.25) is 0 Å². The number of hydrogen-bond donors (Lipinski definition) is 0. The number of methoxy groups -OCH3 is 2. The minimum absolute atomic E-state index is 0.470. The topological polar surface area (TPSA) is 18.5 Å². The molecule has 14 heavy (non-hydrogen) atoms. The van der Waals surface area contributed by atoms with E-state index < -0.39 is 0 Å². The Balaban J connectivity index is 2.49. The van der Waals surface area contributed by atoms with E-state index in [1.165, 1.54) is 11.1 Å². The quantitative estimate of drug-likeness (QED) is 0.758. The number of fused-ring (bicyclic) bond motifs is 1. The summed E-state index contributed by atoms with van der Waals surface area (Å²) >= 11 is 3.65. The Bertz CT molecular complexity index is 349. The third kappa shape index (κ3) is 1.50. The molecule has 0 radical (unpaired) electrons. The monoisotopic (exact) mass is 256 g/mol. The highest BCUT2D eigenvalue weighted by Gasteiger charge is 2.22. The van der Waals surface area contributed by atoms with Crippen LogP contribution < -0.4 is 9.47 Å². The minimum atomic E-state index is 0.470. The van der Waals surface area contributed by atoms with Crippen molar-refractivity contribution in [3.63, 3.8) is 0 Å². The van der Waals surface area contributed by atoms with Crippen molar-refractivity contribution in [3.8, 4) is 11.5 Å². The molecule has 0 heterocycles. The maximum absolute atomic E-state index is 5.26. The lowest BCUT2D eigenvalue weighted by Crippen LogP contribution is -1.93. The highest BCUT2D eigenvalue weighted by atomic mass is 79.9. The third-order valence-electron chi connectivity index (χ3n) is 2.65. The summed E-state index contributed by atoms with van der Waals surface area (Å²) in [5, 5.41) is 0. The Morgan fingerprint density at radius 3 is 2.50 bits per heavy atom. The van der Waals surface area contributed by atoms with E-state index in [4.69, 9.17) is 9.47 Å². The number of hydrogen-bond acceptors (Lipinski definition) is 2. The van der Waals surface area contributed by atoms with Crippen molar-refractivity contribution in [3.05, 3.63) is 23.3 Å². The first kappa shape index (κ1) is 9.84. The standard InChI is InChI=1S/C11H13BrO2/c1-13-10-5-7-3-4-9(12)8(7)6-11(10)14-2/h5-6,9H,3-4H2,1-2H3. The number of ether oxygens (including phenoxy) is 2. The van der Waals surface area contributed by atoms with E-state index in [0.717, 1.165) is 24.3 Å².